The van der Waals surface area contributed by atoms with Crippen molar-refractivity contribution in [3.05, 3.63) is 53.2 Å². The van der Waals surface area contributed by atoms with Crippen molar-refractivity contribution >= 4 is 23.3 Å². The number of H-pyrrole nitrogens is 1. The van der Waals surface area contributed by atoms with E-state index in [0.29, 0.717) is 0 Å². The molecule has 1 atom stereocenters. The minimum absolute atomic E-state index is 0. The van der Waals surface area contributed by atoms with Crippen LogP contribution in [0.25, 0.3) is 10.9 Å². The quantitative estimate of drug-likeness (QED) is 0.671. The topological polar surface area (TPSA) is 55.5 Å². The third-order valence-electron chi connectivity index (χ3n) is 5.56. The molecule has 0 radical (unpaired) electrons. The number of ether oxygens (including phenoxy) is 3. The molecule has 1 aromatic heterocycles. The van der Waals surface area contributed by atoms with Crippen LogP contribution in [-0.2, 0) is 18.4 Å². The predicted octanol–water partition coefficient (Wildman–Crippen LogP) is 4.22. The van der Waals surface area contributed by atoms with Gasteiger partial charge in [-0.2, -0.15) is 0 Å². The summed E-state index contributed by atoms with van der Waals surface area (Å²) in [6.07, 6.45) is 1.86. The maximum atomic E-state index is 5.47. The van der Waals surface area contributed by atoms with Crippen LogP contribution in [0.5, 0.6) is 17.2 Å². The molecule has 0 fully saturated rings. The van der Waals surface area contributed by atoms with Crippen LogP contribution >= 0.6 is 12.4 Å². The molecule has 28 heavy (non-hydrogen) atoms. The van der Waals surface area contributed by atoms with Gasteiger partial charge in [0, 0.05) is 23.1 Å². The number of methoxy groups -OCH3 is 3. The van der Waals surface area contributed by atoms with E-state index in [-0.39, 0.29) is 17.9 Å². The van der Waals surface area contributed by atoms with Gasteiger partial charge in [0.25, 0.3) is 0 Å². The highest BCUT2D eigenvalue weighted by Gasteiger charge is 2.34. The average Bonchev–Trinajstić information content (AvgIpc) is 3.07. The summed E-state index contributed by atoms with van der Waals surface area (Å²) in [5.74, 6) is 2.40. The van der Waals surface area contributed by atoms with Gasteiger partial charge in [-0.25, -0.2) is 0 Å². The fourth-order valence-corrected chi connectivity index (χ4v) is 4.19. The Hall–Kier alpha value is -2.37. The predicted molar refractivity (Wildman–Crippen MR) is 114 cm³/mol. The minimum Gasteiger partial charge on any atom is -0.497 e. The molecule has 0 saturated carbocycles. The van der Waals surface area contributed by atoms with Gasteiger partial charge in [0.05, 0.1) is 26.9 Å². The van der Waals surface area contributed by atoms with Crippen LogP contribution in [0, 0.1) is 0 Å². The zero-order chi connectivity index (χ0) is 19.0. The number of rotatable bonds is 5. The van der Waals surface area contributed by atoms with Gasteiger partial charge in [0.2, 0.25) is 0 Å². The van der Waals surface area contributed by atoms with E-state index >= 15 is 0 Å². The number of halogens is 1. The molecule has 6 heteroatoms. The van der Waals surface area contributed by atoms with Crippen molar-refractivity contribution in [3.63, 3.8) is 0 Å². The molecule has 0 amide bonds. The highest BCUT2D eigenvalue weighted by atomic mass is 35.5. The highest BCUT2D eigenvalue weighted by molar-refractivity contribution is 5.87. The third kappa shape index (κ3) is 3.40. The normalized spacial score (nSPS) is 18.3. The first-order chi connectivity index (χ1) is 13.1. The smallest absolute Gasteiger partial charge is 0.160 e. The van der Waals surface area contributed by atoms with Crippen molar-refractivity contribution < 1.29 is 14.2 Å². The molecule has 0 spiro atoms. The number of hydrogen-bond acceptors (Lipinski definition) is 4. The summed E-state index contributed by atoms with van der Waals surface area (Å²) in [4.78, 5) is 3.66. The molecule has 150 valence electrons. The van der Waals surface area contributed by atoms with E-state index in [1.807, 2.05) is 12.1 Å². The standard InChI is InChI=1S/C22H26N2O3.ClH/c1-22(13-14-5-8-19(26-3)20(11-14)27-4)21-16(9-10-23-22)17-12-15(25-2)6-7-18(17)24-21;/h5-8,11-12,23-24H,9-10,13H2,1-4H3;1H. The highest BCUT2D eigenvalue weighted by Crippen LogP contribution is 2.38. The summed E-state index contributed by atoms with van der Waals surface area (Å²) < 4.78 is 16.3. The second-order valence-corrected chi connectivity index (χ2v) is 7.27. The van der Waals surface area contributed by atoms with Crippen molar-refractivity contribution in [1.29, 1.82) is 0 Å². The minimum atomic E-state index is -0.181. The maximum absolute atomic E-state index is 5.47. The first-order valence-electron chi connectivity index (χ1n) is 9.23. The molecule has 5 nitrogen and oxygen atoms in total. The van der Waals surface area contributed by atoms with Crippen LogP contribution in [0.2, 0.25) is 0 Å². The van der Waals surface area contributed by atoms with Gasteiger partial charge < -0.3 is 24.5 Å². The number of benzene rings is 2. The SMILES string of the molecule is COc1ccc2[nH]c3c(c2c1)CCNC3(C)Cc1ccc(OC)c(OC)c1.Cl. The second kappa shape index (κ2) is 7.94. The van der Waals surface area contributed by atoms with Crippen LogP contribution in [0.4, 0.5) is 0 Å². The van der Waals surface area contributed by atoms with E-state index in [1.54, 1.807) is 21.3 Å². The monoisotopic (exact) mass is 402 g/mol. The second-order valence-electron chi connectivity index (χ2n) is 7.27. The molecule has 0 saturated heterocycles. The Morgan fingerprint density at radius 3 is 2.46 bits per heavy atom. The van der Waals surface area contributed by atoms with Crippen molar-refractivity contribution in [2.24, 2.45) is 0 Å². The lowest BCUT2D eigenvalue weighted by Gasteiger charge is -2.35. The zero-order valence-electron chi connectivity index (χ0n) is 16.7. The molecule has 0 bridgehead atoms. The van der Waals surface area contributed by atoms with Gasteiger partial charge in [-0.1, -0.05) is 6.07 Å². The van der Waals surface area contributed by atoms with Crippen LogP contribution in [-0.4, -0.2) is 32.9 Å². The van der Waals surface area contributed by atoms with Crippen LogP contribution in [0.15, 0.2) is 36.4 Å². The Labute approximate surface area is 171 Å². The molecule has 1 aliphatic heterocycles. The number of fused-ring (bicyclic) bond motifs is 3. The first kappa shape index (κ1) is 20.4. The maximum Gasteiger partial charge on any atom is 0.160 e. The van der Waals surface area contributed by atoms with Crippen molar-refractivity contribution in [2.45, 2.75) is 25.3 Å². The Kier molecular flexibility index (Phi) is 5.77. The van der Waals surface area contributed by atoms with E-state index in [2.05, 4.69) is 41.5 Å². The molecule has 0 aliphatic carbocycles. The summed E-state index contributed by atoms with van der Waals surface area (Å²) in [5.41, 5.74) is 4.81. The molecule has 2 N–H and O–H groups in total. The van der Waals surface area contributed by atoms with Gasteiger partial charge in [-0.3, -0.25) is 0 Å². The van der Waals surface area contributed by atoms with E-state index < -0.39 is 0 Å². The average molecular weight is 403 g/mol. The van der Waals surface area contributed by atoms with Gasteiger partial charge in [0.1, 0.15) is 5.75 Å². The molecule has 1 unspecified atom stereocenters. The van der Waals surface area contributed by atoms with Crippen LogP contribution in [0.3, 0.4) is 0 Å². The number of hydrogen-bond donors (Lipinski definition) is 2. The summed E-state index contributed by atoms with van der Waals surface area (Å²) in [7, 11) is 5.04. The zero-order valence-corrected chi connectivity index (χ0v) is 17.5. The lowest BCUT2D eigenvalue weighted by atomic mass is 9.83. The molecular formula is C22H27ClN2O3. The lowest BCUT2D eigenvalue weighted by molar-refractivity contribution is 0.334. The third-order valence-corrected chi connectivity index (χ3v) is 5.56. The van der Waals surface area contributed by atoms with Crippen molar-refractivity contribution in [1.82, 2.24) is 10.3 Å². The lowest BCUT2D eigenvalue weighted by Crippen LogP contribution is -2.46. The molecule has 2 aromatic carbocycles. The molecular weight excluding hydrogens is 376 g/mol. The van der Waals surface area contributed by atoms with Crippen molar-refractivity contribution in [3.8, 4) is 17.2 Å². The van der Waals surface area contributed by atoms with E-state index in [1.165, 1.54) is 22.2 Å². The van der Waals surface area contributed by atoms with Gasteiger partial charge in [0.15, 0.2) is 11.5 Å². The fraction of sp³-hybridized carbons (Fsp3) is 0.364. The summed E-state index contributed by atoms with van der Waals surface area (Å²) in [5, 5.41) is 4.98. The van der Waals surface area contributed by atoms with Crippen molar-refractivity contribution in [2.75, 3.05) is 27.9 Å². The van der Waals surface area contributed by atoms with E-state index in [4.69, 9.17) is 14.2 Å². The largest absolute Gasteiger partial charge is 0.497 e. The van der Waals surface area contributed by atoms with Crippen LogP contribution < -0.4 is 19.5 Å². The number of nitrogens with one attached hydrogen (secondary N) is 2. The van der Waals surface area contributed by atoms with E-state index in [9.17, 15) is 0 Å². The molecule has 3 aromatic rings. The summed E-state index contributed by atoms with van der Waals surface area (Å²) >= 11 is 0. The van der Waals surface area contributed by atoms with Crippen LogP contribution in [0.1, 0.15) is 23.7 Å². The van der Waals surface area contributed by atoms with Gasteiger partial charge >= 0.3 is 0 Å². The molecule has 4 rings (SSSR count). The van der Waals surface area contributed by atoms with Gasteiger partial charge in [-0.15, -0.1) is 12.4 Å². The van der Waals surface area contributed by atoms with Gasteiger partial charge in [-0.05, 0) is 61.2 Å². The Morgan fingerprint density at radius 1 is 0.964 bits per heavy atom. The van der Waals surface area contributed by atoms with E-state index in [0.717, 1.165) is 42.2 Å². The Morgan fingerprint density at radius 2 is 1.75 bits per heavy atom. The first-order valence-corrected chi connectivity index (χ1v) is 9.23. The summed E-state index contributed by atoms with van der Waals surface area (Å²) in [6.45, 7) is 3.20. The molecule has 1 aliphatic rings. The number of aromatic amines is 1. The Balaban J connectivity index is 0.00000225. The Bertz CT molecular complexity index is 985. The molecule has 2 heterocycles. The fourth-order valence-electron chi connectivity index (χ4n) is 4.19. The number of aromatic nitrogens is 1. The summed E-state index contributed by atoms with van der Waals surface area (Å²) in [6, 6.07) is 12.4.